The van der Waals surface area contributed by atoms with E-state index in [-0.39, 0.29) is 17.7 Å². The maximum atomic E-state index is 13.4. The molecule has 184 valence electrons. The van der Waals surface area contributed by atoms with Gasteiger partial charge in [0, 0.05) is 11.6 Å². The Morgan fingerprint density at radius 2 is 1.78 bits per heavy atom. The van der Waals surface area contributed by atoms with Gasteiger partial charge in [-0.1, -0.05) is 73.9 Å². The molecule has 0 saturated heterocycles. The number of aliphatic hydroxyl groups is 1. The first-order chi connectivity index (χ1) is 17.5. The van der Waals surface area contributed by atoms with E-state index >= 15 is 0 Å². The average molecular weight is 486 g/mol. The van der Waals surface area contributed by atoms with Gasteiger partial charge in [-0.3, -0.25) is 4.79 Å². The van der Waals surface area contributed by atoms with Crippen molar-refractivity contribution in [2.75, 3.05) is 6.61 Å². The molecule has 2 heterocycles. The van der Waals surface area contributed by atoms with Gasteiger partial charge in [-0.15, -0.1) is 0 Å². The van der Waals surface area contributed by atoms with Crippen molar-refractivity contribution < 1.29 is 29.3 Å². The minimum Gasteiger partial charge on any atom is -0.504 e. The number of carbonyl (C=O) groups excluding carboxylic acids is 1. The van der Waals surface area contributed by atoms with Crippen LogP contribution in [0.2, 0.25) is 0 Å². The zero-order valence-corrected chi connectivity index (χ0v) is 19.7. The van der Waals surface area contributed by atoms with Crippen molar-refractivity contribution >= 4 is 28.7 Å². The number of para-hydroxylation sites is 1. The lowest BCUT2D eigenvalue weighted by atomic mass is 9.83. The van der Waals surface area contributed by atoms with Gasteiger partial charge in [0.2, 0.25) is 17.3 Å². The lowest BCUT2D eigenvalue weighted by Gasteiger charge is -2.22. The van der Waals surface area contributed by atoms with Crippen molar-refractivity contribution in [1.82, 2.24) is 4.98 Å². The highest BCUT2D eigenvalue weighted by molar-refractivity contribution is 6.18. The number of hydrogen-bond acceptors (Lipinski definition) is 5. The molecule has 5 rings (SSSR count). The summed E-state index contributed by atoms with van der Waals surface area (Å²) in [5.41, 5.74) is 3.35. The van der Waals surface area contributed by atoms with Crippen molar-refractivity contribution in [2.45, 2.75) is 38.0 Å². The number of nitrogens with one attached hydrogen (secondary N) is 1. The number of ketones is 1. The highest BCUT2D eigenvalue weighted by atomic mass is 16.4. The summed E-state index contributed by atoms with van der Waals surface area (Å²) in [4.78, 5) is 28.5. The Hall–Kier alpha value is -4.10. The number of rotatable bonds is 7. The summed E-state index contributed by atoms with van der Waals surface area (Å²) in [6.45, 7) is -0.120. The maximum Gasteiger partial charge on any atom is 0.372 e. The Labute approximate surface area is 207 Å². The fraction of sp³-hybridized carbons (Fsp3) is 0.241. The molecule has 0 aliphatic heterocycles. The summed E-state index contributed by atoms with van der Waals surface area (Å²) in [6, 6.07) is 12.8. The van der Waals surface area contributed by atoms with E-state index in [0.717, 1.165) is 18.4 Å². The first kappa shape index (κ1) is 23.6. The van der Waals surface area contributed by atoms with Crippen molar-refractivity contribution in [3.05, 3.63) is 82.9 Å². The van der Waals surface area contributed by atoms with Gasteiger partial charge in [0.1, 0.15) is 0 Å². The van der Waals surface area contributed by atoms with Gasteiger partial charge < -0.3 is 24.7 Å². The summed E-state index contributed by atoms with van der Waals surface area (Å²) >= 11 is 0. The first-order valence-electron chi connectivity index (χ1n) is 12.1. The predicted octanol–water partition coefficient (Wildman–Crippen LogP) is 6.12. The van der Waals surface area contributed by atoms with E-state index in [2.05, 4.69) is 4.98 Å². The second kappa shape index (κ2) is 9.87. The molecule has 1 aliphatic carbocycles. The lowest BCUT2D eigenvalue weighted by molar-refractivity contribution is 0.0661. The highest BCUT2D eigenvalue weighted by Gasteiger charge is 2.31. The van der Waals surface area contributed by atoms with Gasteiger partial charge in [0.05, 0.1) is 23.3 Å². The van der Waals surface area contributed by atoms with Crippen molar-refractivity contribution in [2.24, 2.45) is 0 Å². The van der Waals surface area contributed by atoms with Gasteiger partial charge in [0.25, 0.3) is 0 Å². The number of carboxylic acid groups (broad SMARTS) is 1. The Bertz CT molecular complexity index is 1450. The minimum absolute atomic E-state index is 0.00699. The zero-order valence-electron chi connectivity index (χ0n) is 19.7. The Morgan fingerprint density at radius 3 is 2.47 bits per heavy atom. The molecular weight excluding hydrogens is 458 g/mol. The predicted molar refractivity (Wildman–Crippen MR) is 136 cm³/mol. The van der Waals surface area contributed by atoms with Crippen LogP contribution in [0.1, 0.15) is 75.8 Å². The van der Waals surface area contributed by atoms with Crippen LogP contribution in [0.3, 0.4) is 0 Å². The van der Waals surface area contributed by atoms with Crippen LogP contribution in [0.25, 0.3) is 28.1 Å². The molecular formula is C29H27NO6. The van der Waals surface area contributed by atoms with Crippen LogP contribution in [0, 0.1) is 0 Å². The molecule has 4 aromatic rings. The topological polar surface area (TPSA) is 124 Å². The Kier molecular flexibility index (Phi) is 6.48. The molecule has 2 aromatic carbocycles. The van der Waals surface area contributed by atoms with E-state index < -0.39 is 29.0 Å². The molecule has 1 fully saturated rings. The fourth-order valence-electron chi connectivity index (χ4n) is 5.16. The summed E-state index contributed by atoms with van der Waals surface area (Å²) in [5.74, 6) is -2.90. The summed E-state index contributed by atoms with van der Waals surface area (Å²) in [6.07, 6.45) is 10.8. The molecule has 0 spiro atoms. The smallest absolute Gasteiger partial charge is 0.372 e. The molecule has 0 amide bonds. The maximum absolute atomic E-state index is 13.4. The molecule has 0 unspecified atom stereocenters. The number of aromatic carboxylic acids is 1. The number of benzene rings is 2. The molecule has 1 saturated carbocycles. The van der Waals surface area contributed by atoms with E-state index in [1.165, 1.54) is 31.0 Å². The third-order valence-electron chi connectivity index (χ3n) is 6.95. The molecule has 4 N–H and O–H groups in total. The van der Waals surface area contributed by atoms with Crippen LogP contribution in [0.15, 0.2) is 59.2 Å². The van der Waals surface area contributed by atoms with E-state index in [1.54, 1.807) is 36.4 Å². The number of aromatic hydroxyl groups is 1. The average Bonchev–Trinajstić information content (AvgIpc) is 3.49. The van der Waals surface area contributed by atoms with Crippen LogP contribution in [0.5, 0.6) is 5.75 Å². The zero-order chi connectivity index (χ0) is 25.2. The van der Waals surface area contributed by atoms with Crippen LogP contribution in [0.4, 0.5) is 0 Å². The van der Waals surface area contributed by atoms with E-state index in [4.69, 9.17) is 9.52 Å². The van der Waals surface area contributed by atoms with E-state index in [0.29, 0.717) is 22.4 Å². The van der Waals surface area contributed by atoms with Crippen LogP contribution >= 0.6 is 0 Å². The number of carboxylic acids is 1. The number of aliphatic hydroxyl groups excluding tert-OH is 1. The SMILES string of the molecule is O=C(O)c1oc(C(=O)c2c[nH]c3c(/C=C/CO)cccc23)c(O)c1-c1ccc(C2CCCCC2)cc1. The second-order valence-corrected chi connectivity index (χ2v) is 9.13. The summed E-state index contributed by atoms with van der Waals surface area (Å²) in [7, 11) is 0. The molecule has 36 heavy (non-hydrogen) atoms. The molecule has 7 nitrogen and oxygen atoms in total. The summed E-state index contributed by atoms with van der Waals surface area (Å²) in [5, 5.41) is 30.5. The lowest BCUT2D eigenvalue weighted by Crippen LogP contribution is -2.04. The third kappa shape index (κ3) is 4.22. The van der Waals surface area contributed by atoms with Crippen molar-refractivity contribution in [3.63, 3.8) is 0 Å². The van der Waals surface area contributed by atoms with Crippen molar-refractivity contribution in [1.29, 1.82) is 0 Å². The van der Waals surface area contributed by atoms with Gasteiger partial charge in [-0.25, -0.2) is 4.79 Å². The summed E-state index contributed by atoms with van der Waals surface area (Å²) < 4.78 is 5.48. The van der Waals surface area contributed by atoms with Gasteiger partial charge in [0.15, 0.2) is 5.75 Å². The first-order valence-corrected chi connectivity index (χ1v) is 12.1. The number of H-pyrrole nitrogens is 1. The van der Waals surface area contributed by atoms with Gasteiger partial charge in [-0.2, -0.15) is 0 Å². The number of furan rings is 1. The van der Waals surface area contributed by atoms with E-state index in [1.807, 2.05) is 18.2 Å². The monoisotopic (exact) mass is 485 g/mol. The minimum atomic E-state index is -1.37. The highest BCUT2D eigenvalue weighted by Crippen LogP contribution is 2.41. The Morgan fingerprint density at radius 1 is 1.03 bits per heavy atom. The third-order valence-corrected chi connectivity index (χ3v) is 6.95. The number of aromatic nitrogens is 1. The standard InChI is InChI=1S/C29H27NO6/c31-15-5-9-20-8-4-10-21-22(16-30-24(20)21)25(32)28-26(33)23(27(36-28)29(34)35)19-13-11-18(12-14-19)17-6-2-1-3-7-17/h4-5,8-14,16-17,30-31,33H,1-3,6-7,15H2,(H,34,35)/b9-5+. The van der Waals surface area contributed by atoms with Crippen LogP contribution in [-0.2, 0) is 0 Å². The normalized spacial score (nSPS) is 14.6. The molecule has 2 aromatic heterocycles. The van der Waals surface area contributed by atoms with Gasteiger partial charge >= 0.3 is 5.97 Å². The number of hydrogen-bond donors (Lipinski definition) is 4. The number of aromatic amines is 1. The van der Waals surface area contributed by atoms with Gasteiger partial charge in [-0.05, 0) is 35.4 Å². The number of fused-ring (bicyclic) bond motifs is 1. The molecule has 0 atom stereocenters. The number of carbonyl (C=O) groups is 2. The molecule has 0 bridgehead atoms. The van der Waals surface area contributed by atoms with Crippen molar-refractivity contribution in [3.8, 4) is 16.9 Å². The van der Waals surface area contributed by atoms with Crippen LogP contribution < -0.4 is 0 Å². The largest absolute Gasteiger partial charge is 0.504 e. The quantitative estimate of drug-likeness (QED) is 0.234. The van der Waals surface area contributed by atoms with Crippen LogP contribution in [-0.4, -0.2) is 38.7 Å². The Balaban J connectivity index is 1.53. The fourth-order valence-corrected chi connectivity index (χ4v) is 5.16. The second-order valence-electron chi connectivity index (χ2n) is 9.13. The molecule has 1 aliphatic rings. The molecule has 7 heteroatoms. The van der Waals surface area contributed by atoms with E-state index in [9.17, 15) is 19.8 Å². The molecule has 0 radical (unpaired) electrons.